The first-order valence-corrected chi connectivity index (χ1v) is 10.8. The van der Waals surface area contributed by atoms with Crippen molar-refractivity contribution in [3.05, 3.63) is 35.9 Å². The molecule has 2 N–H and O–H groups in total. The molecule has 0 unspecified atom stereocenters. The Labute approximate surface area is 182 Å². The lowest BCUT2D eigenvalue weighted by atomic mass is 9.81. The van der Waals surface area contributed by atoms with Crippen molar-refractivity contribution in [1.29, 1.82) is 0 Å². The van der Waals surface area contributed by atoms with Crippen LogP contribution >= 0.6 is 0 Å². The van der Waals surface area contributed by atoms with E-state index in [1.165, 1.54) is 6.92 Å². The predicted molar refractivity (Wildman–Crippen MR) is 113 cm³/mol. The second kappa shape index (κ2) is 11.1. The molecule has 7 heteroatoms. The Hall–Kier alpha value is -2.70. The molecule has 3 rings (SSSR count). The molecule has 1 aromatic carbocycles. The highest BCUT2D eigenvalue weighted by Crippen LogP contribution is 2.42. The van der Waals surface area contributed by atoms with Crippen LogP contribution in [-0.4, -0.2) is 33.9 Å². The van der Waals surface area contributed by atoms with Crippen molar-refractivity contribution in [2.75, 3.05) is 0 Å². The Kier molecular flexibility index (Phi) is 8.77. The van der Waals surface area contributed by atoms with E-state index in [0.29, 0.717) is 25.7 Å². The van der Waals surface area contributed by atoms with Crippen LogP contribution < -0.4 is 0 Å². The van der Waals surface area contributed by atoms with Gasteiger partial charge in [-0.2, -0.15) is 0 Å². The quantitative estimate of drug-likeness (QED) is 0.585. The Morgan fingerprint density at radius 1 is 0.839 bits per heavy atom. The van der Waals surface area contributed by atoms with Gasteiger partial charge in [0.15, 0.2) is 0 Å². The van der Waals surface area contributed by atoms with Gasteiger partial charge in [0.05, 0.1) is 17.3 Å². The molecule has 0 atom stereocenters. The molecule has 0 saturated heterocycles. The second-order valence-corrected chi connectivity index (χ2v) is 8.79. The Balaban J connectivity index is 0.000000245. The molecule has 0 spiro atoms. The molecule has 2 aliphatic carbocycles. The number of hydrogen-bond donors (Lipinski definition) is 2. The zero-order valence-corrected chi connectivity index (χ0v) is 18.1. The molecule has 2 fully saturated rings. The molecule has 0 bridgehead atoms. The van der Waals surface area contributed by atoms with Gasteiger partial charge in [-0.25, -0.2) is 0 Å². The molecule has 2 saturated carbocycles. The summed E-state index contributed by atoms with van der Waals surface area (Å²) < 4.78 is 5.31. The minimum atomic E-state index is -0.932. The minimum absolute atomic E-state index is 0.0145. The SMILES string of the molecule is CC(=O)CC1(C(=O)O)CCCC1.O=C(O)CC1(C(=O)OCc2ccccc2)CCCC1. The van der Waals surface area contributed by atoms with Gasteiger partial charge in [0, 0.05) is 6.42 Å². The van der Waals surface area contributed by atoms with E-state index in [0.717, 1.165) is 31.2 Å². The fourth-order valence-corrected chi connectivity index (χ4v) is 4.67. The van der Waals surface area contributed by atoms with Gasteiger partial charge in [0.1, 0.15) is 12.4 Å². The van der Waals surface area contributed by atoms with Crippen LogP contribution in [0.25, 0.3) is 0 Å². The molecule has 31 heavy (non-hydrogen) atoms. The molecule has 7 nitrogen and oxygen atoms in total. The Morgan fingerprint density at radius 3 is 1.81 bits per heavy atom. The van der Waals surface area contributed by atoms with Crippen LogP contribution in [0.3, 0.4) is 0 Å². The molecule has 0 heterocycles. The highest BCUT2D eigenvalue weighted by atomic mass is 16.5. The summed E-state index contributed by atoms with van der Waals surface area (Å²) in [7, 11) is 0. The number of aliphatic carboxylic acids is 2. The lowest BCUT2D eigenvalue weighted by molar-refractivity contribution is -0.162. The second-order valence-electron chi connectivity index (χ2n) is 8.79. The van der Waals surface area contributed by atoms with Crippen molar-refractivity contribution in [2.24, 2.45) is 10.8 Å². The molecule has 0 amide bonds. The average molecular weight is 433 g/mol. The van der Waals surface area contributed by atoms with Crippen molar-refractivity contribution in [3.8, 4) is 0 Å². The summed E-state index contributed by atoms with van der Waals surface area (Å²) in [5, 5.41) is 17.9. The first-order valence-electron chi connectivity index (χ1n) is 10.8. The molecule has 0 aliphatic heterocycles. The number of hydrogen-bond acceptors (Lipinski definition) is 5. The number of carboxylic acids is 2. The Morgan fingerprint density at radius 2 is 1.35 bits per heavy atom. The van der Waals surface area contributed by atoms with E-state index in [9.17, 15) is 19.2 Å². The maximum absolute atomic E-state index is 12.2. The van der Waals surface area contributed by atoms with Crippen LogP contribution in [0.5, 0.6) is 0 Å². The lowest BCUT2D eigenvalue weighted by Crippen LogP contribution is -2.32. The molecular formula is C24H32O7. The van der Waals surface area contributed by atoms with E-state index in [1.807, 2.05) is 30.3 Å². The van der Waals surface area contributed by atoms with E-state index in [4.69, 9.17) is 14.9 Å². The summed E-state index contributed by atoms with van der Waals surface area (Å²) in [6.07, 6.45) is 6.34. The van der Waals surface area contributed by atoms with Crippen LogP contribution in [0.4, 0.5) is 0 Å². The van der Waals surface area contributed by atoms with E-state index < -0.39 is 22.8 Å². The first-order chi connectivity index (χ1) is 14.7. The van der Waals surface area contributed by atoms with Crippen molar-refractivity contribution >= 4 is 23.7 Å². The molecule has 0 radical (unpaired) electrons. The number of ether oxygens (including phenoxy) is 1. The van der Waals surface area contributed by atoms with Gasteiger partial charge in [-0.05, 0) is 38.2 Å². The van der Waals surface area contributed by atoms with Crippen molar-refractivity contribution in [3.63, 3.8) is 0 Å². The first kappa shape index (κ1) is 24.6. The molecule has 0 aromatic heterocycles. The largest absolute Gasteiger partial charge is 0.481 e. The summed E-state index contributed by atoms with van der Waals surface area (Å²) in [4.78, 5) is 44.9. The maximum Gasteiger partial charge on any atom is 0.312 e. The van der Waals surface area contributed by atoms with Gasteiger partial charge in [-0.3, -0.25) is 19.2 Å². The molecule has 170 valence electrons. The summed E-state index contributed by atoms with van der Waals surface area (Å²) in [6.45, 7) is 1.67. The Bertz CT molecular complexity index is 772. The van der Waals surface area contributed by atoms with Gasteiger partial charge >= 0.3 is 17.9 Å². The van der Waals surface area contributed by atoms with Crippen LogP contribution in [-0.2, 0) is 30.5 Å². The van der Waals surface area contributed by atoms with Crippen molar-refractivity contribution in [1.82, 2.24) is 0 Å². The number of Topliss-reactive ketones (excluding diaryl/α,β-unsaturated/α-hetero) is 1. The van der Waals surface area contributed by atoms with E-state index in [1.54, 1.807) is 0 Å². The van der Waals surface area contributed by atoms with Gasteiger partial charge in [0.2, 0.25) is 0 Å². The van der Waals surface area contributed by atoms with Crippen LogP contribution in [0.15, 0.2) is 30.3 Å². The number of rotatable bonds is 8. The number of carbonyl (C=O) groups excluding carboxylic acids is 2. The highest BCUT2D eigenvalue weighted by molar-refractivity contribution is 5.85. The van der Waals surface area contributed by atoms with Gasteiger partial charge in [-0.15, -0.1) is 0 Å². The average Bonchev–Trinajstić information content (AvgIpc) is 3.38. The predicted octanol–water partition coefficient (Wildman–Crippen LogP) is 4.38. The van der Waals surface area contributed by atoms with E-state index in [2.05, 4.69) is 0 Å². The maximum atomic E-state index is 12.2. The third-order valence-electron chi connectivity index (χ3n) is 6.30. The van der Waals surface area contributed by atoms with Crippen molar-refractivity contribution in [2.45, 2.75) is 77.7 Å². The molecule has 2 aliphatic rings. The normalized spacial score (nSPS) is 18.5. The number of carbonyl (C=O) groups is 4. The fourth-order valence-electron chi connectivity index (χ4n) is 4.67. The third-order valence-corrected chi connectivity index (χ3v) is 6.30. The standard InChI is InChI=1S/C15H18O4.C9H14O3/c16-13(17)10-15(8-4-5-9-15)14(18)19-11-12-6-2-1-3-7-12;1-7(10)6-9(8(11)12)4-2-3-5-9/h1-3,6-7H,4-5,8-11H2,(H,16,17);2-6H2,1H3,(H,11,12). The smallest absolute Gasteiger partial charge is 0.312 e. The van der Waals surface area contributed by atoms with E-state index in [-0.39, 0.29) is 31.2 Å². The highest BCUT2D eigenvalue weighted by Gasteiger charge is 2.44. The van der Waals surface area contributed by atoms with Gasteiger partial charge in [0.25, 0.3) is 0 Å². The van der Waals surface area contributed by atoms with Crippen LogP contribution in [0.2, 0.25) is 0 Å². The monoisotopic (exact) mass is 432 g/mol. The summed E-state index contributed by atoms with van der Waals surface area (Å²) in [5.41, 5.74) is -0.605. The summed E-state index contributed by atoms with van der Waals surface area (Å²) in [6, 6.07) is 9.42. The zero-order chi connectivity index (χ0) is 22.9. The molecule has 1 aromatic rings. The summed E-state index contributed by atoms with van der Waals surface area (Å²) >= 11 is 0. The number of ketones is 1. The minimum Gasteiger partial charge on any atom is -0.481 e. The van der Waals surface area contributed by atoms with Gasteiger partial charge < -0.3 is 14.9 Å². The van der Waals surface area contributed by atoms with E-state index >= 15 is 0 Å². The summed E-state index contributed by atoms with van der Waals surface area (Å²) in [5.74, 6) is -2.11. The zero-order valence-electron chi connectivity index (χ0n) is 18.1. The lowest BCUT2D eigenvalue weighted by Gasteiger charge is -2.24. The fraction of sp³-hybridized carbons (Fsp3) is 0.583. The number of esters is 1. The van der Waals surface area contributed by atoms with Gasteiger partial charge in [-0.1, -0.05) is 56.0 Å². The number of benzene rings is 1. The third kappa shape index (κ3) is 6.91. The topological polar surface area (TPSA) is 118 Å². The van der Waals surface area contributed by atoms with Crippen LogP contribution in [0, 0.1) is 10.8 Å². The van der Waals surface area contributed by atoms with Crippen molar-refractivity contribution < 1.29 is 34.1 Å². The van der Waals surface area contributed by atoms with Crippen LogP contribution in [0.1, 0.15) is 76.7 Å². The number of carboxylic acid groups (broad SMARTS) is 2. The molecular weight excluding hydrogens is 400 g/mol.